The molecular formula is C13H18ClFO. The molecule has 0 aromatic heterocycles. The number of aliphatic hydroxyl groups is 1. The number of aliphatic hydroxyl groups excluding tert-OH is 1. The third-order valence-electron chi connectivity index (χ3n) is 2.34. The van der Waals surface area contributed by atoms with Crippen LogP contribution in [0.25, 0.3) is 0 Å². The van der Waals surface area contributed by atoms with Crippen LogP contribution in [-0.2, 0) is 6.42 Å². The van der Waals surface area contributed by atoms with E-state index in [0.29, 0.717) is 18.4 Å². The molecule has 1 aromatic rings. The molecule has 1 N–H and O–H groups in total. The van der Waals surface area contributed by atoms with Gasteiger partial charge in [0.25, 0.3) is 0 Å². The van der Waals surface area contributed by atoms with Crippen molar-refractivity contribution in [1.29, 1.82) is 0 Å². The highest BCUT2D eigenvalue weighted by Gasteiger charge is 2.18. The molecule has 0 radical (unpaired) electrons. The van der Waals surface area contributed by atoms with Crippen LogP contribution >= 0.6 is 11.6 Å². The summed E-state index contributed by atoms with van der Waals surface area (Å²) in [6.07, 6.45) is 0.413. The average molecular weight is 245 g/mol. The molecule has 90 valence electrons. The Morgan fingerprint density at radius 2 is 2.00 bits per heavy atom. The minimum atomic E-state index is -0.534. The molecule has 0 heterocycles. The Morgan fingerprint density at radius 3 is 2.56 bits per heavy atom. The van der Waals surface area contributed by atoms with E-state index in [9.17, 15) is 9.50 Å². The second-order valence-corrected chi connectivity index (χ2v) is 5.74. The lowest BCUT2D eigenvalue weighted by atomic mass is 9.87. The first-order valence-corrected chi connectivity index (χ1v) is 5.78. The average Bonchev–Trinajstić information content (AvgIpc) is 2.09. The molecule has 16 heavy (non-hydrogen) atoms. The third-order valence-corrected chi connectivity index (χ3v) is 2.63. The summed E-state index contributed by atoms with van der Waals surface area (Å²) in [5, 5.41) is 9.96. The number of hydrogen-bond donors (Lipinski definition) is 1. The van der Waals surface area contributed by atoms with Gasteiger partial charge in [-0.1, -0.05) is 44.5 Å². The van der Waals surface area contributed by atoms with Crippen LogP contribution in [0.1, 0.15) is 32.8 Å². The van der Waals surface area contributed by atoms with Gasteiger partial charge in [-0.05, 0) is 23.5 Å². The van der Waals surface area contributed by atoms with Gasteiger partial charge in [0.1, 0.15) is 5.82 Å². The van der Waals surface area contributed by atoms with Crippen LogP contribution in [0.4, 0.5) is 4.39 Å². The van der Waals surface area contributed by atoms with Crippen LogP contribution in [-0.4, -0.2) is 11.2 Å². The molecule has 0 saturated heterocycles. The number of hydrogen-bond acceptors (Lipinski definition) is 1. The molecule has 0 bridgehead atoms. The molecule has 0 spiro atoms. The van der Waals surface area contributed by atoms with E-state index in [1.165, 1.54) is 6.07 Å². The SMILES string of the molecule is CC(C)(C)CC(O)Cc1cccc(Cl)c1F. The Kier molecular flexibility index (Phi) is 4.34. The van der Waals surface area contributed by atoms with E-state index in [1.54, 1.807) is 12.1 Å². The molecule has 0 saturated carbocycles. The first-order chi connectivity index (χ1) is 7.29. The normalized spacial score (nSPS) is 13.9. The van der Waals surface area contributed by atoms with Crippen LogP contribution in [0.2, 0.25) is 5.02 Å². The highest BCUT2D eigenvalue weighted by molar-refractivity contribution is 6.30. The first kappa shape index (κ1) is 13.5. The fraction of sp³-hybridized carbons (Fsp3) is 0.538. The van der Waals surface area contributed by atoms with E-state index >= 15 is 0 Å². The molecule has 0 aliphatic heterocycles. The minimum Gasteiger partial charge on any atom is -0.393 e. The largest absolute Gasteiger partial charge is 0.393 e. The standard InChI is InChI=1S/C13H18ClFO/c1-13(2,3)8-10(16)7-9-5-4-6-11(14)12(9)15/h4-6,10,16H,7-8H2,1-3H3. The summed E-state index contributed by atoms with van der Waals surface area (Å²) in [4.78, 5) is 0. The molecule has 1 nitrogen and oxygen atoms in total. The van der Waals surface area contributed by atoms with Crippen LogP contribution in [0, 0.1) is 11.2 Å². The lowest BCUT2D eigenvalue weighted by Crippen LogP contribution is -2.20. The van der Waals surface area contributed by atoms with Crippen LogP contribution in [0.3, 0.4) is 0 Å². The summed E-state index contributed by atoms with van der Waals surface area (Å²) in [6, 6.07) is 4.87. The fourth-order valence-corrected chi connectivity index (χ4v) is 1.93. The second-order valence-electron chi connectivity index (χ2n) is 5.34. The number of halogens is 2. The van der Waals surface area contributed by atoms with Crippen molar-refractivity contribution in [1.82, 2.24) is 0 Å². The molecule has 1 atom stereocenters. The van der Waals surface area contributed by atoms with Crippen LogP contribution < -0.4 is 0 Å². The summed E-state index contributed by atoms with van der Waals surface area (Å²) >= 11 is 5.67. The monoisotopic (exact) mass is 244 g/mol. The quantitative estimate of drug-likeness (QED) is 0.857. The summed E-state index contributed by atoms with van der Waals surface area (Å²) < 4.78 is 13.6. The van der Waals surface area contributed by atoms with Crippen molar-refractivity contribution < 1.29 is 9.50 Å². The number of rotatable bonds is 3. The molecule has 3 heteroatoms. The van der Waals surface area contributed by atoms with Gasteiger partial charge in [0.15, 0.2) is 0 Å². The predicted molar refractivity (Wildman–Crippen MR) is 65.2 cm³/mol. The molecule has 1 rings (SSSR count). The van der Waals surface area contributed by atoms with Crippen molar-refractivity contribution >= 4 is 11.6 Å². The van der Waals surface area contributed by atoms with E-state index in [-0.39, 0.29) is 10.4 Å². The van der Waals surface area contributed by atoms with Crippen LogP contribution in [0.5, 0.6) is 0 Å². The highest BCUT2D eigenvalue weighted by Crippen LogP contribution is 2.24. The van der Waals surface area contributed by atoms with E-state index in [2.05, 4.69) is 0 Å². The van der Waals surface area contributed by atoms with E-state index in [1.807, 2.05) is 20.8 Å². The number of benzene rings is 1. The predicted octanol–water partition coefficient (Wildman–Crippen LogP) is 3.82. The molecule has 0 amide bonds. The van der Waals surface area contributed by atoms with Gasteiger partial charge in [-0.25, -0.2) is 4.39 Å². The maximum Gasteiger partial charge on any atom is 0.145 e. The van der Waals surface area contributed by atoms with Crippen molar-refractivity contribution in [2.75, 3.05) is 0 Å². The maximum absolute atomic E-state index is 13.6. The van der Waals surface area contributed by atoms with Gasteiger partial charge in [-0.3, -0.25) is 0 Å². The van der Waals surface area contributed by atoms with Gasteiger partial charge in [0.2, 0.25) is 0 Å². The molecule has 1 unspecified atom stereocenters. The zero-order valence-corrected chi connectivity index (χ0v) is 10.7. The fourth-order valence-electron chi connectivity index (χ4n) is 1.74. The van der Waals surface area contributed by atoms with Gasteiger partial charge < -0.3 is 5.11 Å². The summed E-state index contributed by atoms with van der Waals surface area (Å²) in [5.74, 6) is -0.419. The van der Waals surface area contributed by atoms with Crippen LogP contribution in [0.15, 0.2) is 18.2 Å². The Labute approximate surface area is 101 Å². The van der Waals surface area contributed by atoms with Crippen molar-refractivity contribution in [2.45, 2.75) is 39.7 Å². The second kappa shape index (κ2) is 5.15. The topological polar surface area (TPSA) is 20.2 Å². The zero-order valence-electron chi connectivity index (χ0n) is 9.93. The smallest absolute Gasteiger partial charge is 0.145 e. The van der Waals surface area contributed by atoms with Crippen molar-refractivity contribution in [2.24, 2.45) is 5.41 Å². The summed E-state index contributed by atoms with van der Waals surface area (Å²) in [5.41, 5.74) is 0.512. The van der Waals surface area contributed by atoms with E-state index in [0.717, 1.165) is 0 Å². The highest BCUT2D eigenvalue weighted by atomic mass is 35.5. The molecule has 0 fully saturated rings. The lowest BCUT2D eigenvalue weighted by Gasteiger charge is -2.22. The lowest BCUT2D eigenvalue weighted by molar-refractivity contribution is 0.120. The van der Waals surface area contributed by atoms with Gasteiger partial charge in [0.05, 0.1) is 11.1 Å². The third kappa shape index (κ3) is 4.11. The van der Waals surface area contributed by atoms with Gasteiger partial charge in [-0.2, -0.15) is 0 Å². The Balaban J connectivity index is 2.70. The maximum atomic E-state index is 13.6. The van der Waals surface area contributed by atoms with Gasteiger partial charge in [0, 0.05) is 6.42 Å². The van der Waals surface area contributed by atoms with Crippen molar-refractivity contribution in [3.8, 4) is 0 Å². The molecular weight excluding hydrogens is 227 g/mol. The van der Waals surface area contributed by atoms with Crippen molar-refractivity contribution in [3.63, 3.8) is 0 Å². The minimum absolute atomic E-state index is 0.0362. The van der Waals surface area contributed by atoms with E-state index in [4.69, 9.17) is 11.6 Å². The summed E-state index contributed by atoms with van der Waals surface area (Å²) in [7, 11) is 0. The van der Waals surface area contributed by atoms with Crippen molar-refractivity contribution in [3.05, 3.63) is 34.6 Å². The molecule has 1 aromatic carbocycles. The summed E-state index contributed by atoms with van der Waals surface area (Å²) in [6.45, 7) is 6.14. The Hall–Kier alpha value is -0.600. The Bertz CT molecular complexity index is 357. The molecule has 0 aliphatic rings. The molecule has 0 aliphatic carbocycles. The Morgan fingerprint density at radius 1 is 1.38 bits per heavy atom. The van der Waals surface area contributed by atoms with Gasteiger partial charge >= 0.3 is 0 Å². The zero-order chi connectivity index (χ0) is 12.3. The van der Waals surface area contributed by atoms with Gasteiger partial charge in [-0.15, -0.1) is 0 Å². The first-order valence-electron chi connectivity index (χ1n) is 5.40. The van der Waals surface area contributed by atoms with E-state index < -0.39 is 11.9 Å².